The van der Waals surface area contributed by atoms with E-state index in [1.807, 2.05) is 0 Å². The molecular formula is C19H17F2N3O3. The minimum atomic E-state index is -1.18. The van der Waals surface area contributed by atoms with Crippen molar-refractivity contribution < 1.29 is 13.6 Å². The van der Waals surface area contributed by atoms with Gasteiger partial charge in [0, 0.05) is 6.07 Å². The first-order valence-electron chi connectivity index (χ1n) is 8.29. The van der Waals surface area contributed by atoms with Gasteiger partial charge in [-0.15, -0.1) is 0 Å². The number of hydrogen-bond donors (Lipinski definition) is 2. The van der Waals surface area contributed by atoms with Crippen LogP contribution in [0.4, 0.5) is 14.5 Å². The van der Waals surface area contributed by atoms with Gasteiger partial charge >= 0.3 is 5.69 Å². The number of anilines is 1. The molecule has 0 aliphatic heterocycles. The van der Waals surface area contributed by atoms with Crippen LogP contribution >= 0.6 is 0 Å². The molecule has 3 rings (SSSR count). The Morgan fingerprint density at radius 3 is 2.48 bits per heavy atom. The van der Waals surface area contributed by atoms with Crippen molar-refractivity contribution in [2.24, 2.45) is 5.92 Å². The SMILES string of the molecule is CC(C)C(C(=O)Nc1ccc(F)cc1F)n1c(=O)[nH]c2ccccc2c1=O. The maximum Gasteiger partial charge on any atom is 0.329 e. The minimum Gasteiger partial charge on any atom is -0.322 e. The van der Waals surface area contributed by atoms with Crippen molar-refractivity contribution in [3.63, 3.8) is 0 Å². The predicted octanol–water partition coefficient (Wildman–Crippen LogP) is 2.80. The van der Waals surface area contributed by atoms with Gasteiger partial charge in [-0.25, -0.2) is 18.1 Å². The first-order chi connectivity index (χ1) is 12.8. The van der Waals surface area contributed by atoms with E-state index < -0.39 is 40.8 Å². The summed E-state index contributed by atoms with van der Waals surface area (Å²) in [5.41, 5.74) is -1.25. The van der Waals surface area contributed by atoms with Crippen LogP contribution in [0.15, 0.2) is 52.1 Å². The molecule has 3 aromatic rings. The molecule has 1 heterocycles. The van der Waals surface area contributed by atoms with Crippen molar-refractivity contribution in [1.82, 2.24) is 9.55 Å². The molecule has 0 saturated heterocycles. The van der Waals surface area contributed by atoms with E-state index in [2.05, 4.69) is 10.3 Å². The lowest BCUT2D eigenvalue weighted by Crippen LogP contribution is -2.44. The molecule has 0 bridgehead atoms. The third-order valence-corrected chi connectivity index (χ3v) is 4.20. The number of H-pyrrole nitrogens is 1. The second-order valence-corrected chi connectivity index (χ2v) is 6.45. The third-order valence-electron chi connectivity index (χ3n) is 4.20. The summed E-state index contributed by atoms with van der Waals surface area (Å²) < 4.78 is 27.7. The van der Waals surface area contributed by atoms with Crippen molar-refractivity contribution in [2.75, 3.05) is 5.32 Å². The second kappa shape index (κ2) is 7.14. The highest BCUT2D eigenvalue weighted by atomic mass is 19.1. The van der Waals surface area contributed by atoms with Gasteiger partial charge in [0.25, 0.3) is 5.56 Å². The molecule has 1 amide bonds. The molecule has 0 spiro atoms. The number of hydrogen-bond acceptors (Lipinski definition) is 3. The van der Waals surface area contributed by atoms with Crippen molar-refractivity contribution in [1.29, 1.82) is 0 Å². The van der Waals surface area contributed by atoms with Crippen LogP contribution in [0.3, 0.4) is 0 Å². The van der Waals surface area contributed by atoms with Crippen LogP contribution in [-0.2, 0) is 4.79 Å². The van der Waals surface area contributed by atoms with E-state index in [1.54, 1.807) is 38.1 Å². The molecule has 140 valence electrons. The molecular weight excluding hydrogens is 356 g/mol. The molecule has 1 aromatic heterocycles. The van der Waals surface area contributed by atoms with Crippen molar-refractivity contribution in [3.8, 4) is 0 Å². The maximum atomic E-state index is 13.9. The molecule has 0 aliphatic rings. The van der Waals surface area contributed by atoms with Gasteiger partial charge in [-0.1, -0.05) is 26.0 Å². The molecule has 1 unspecified atom stereocenters. The van der Waals surface area contributed by atoms with Crippen LogP contribution in [0.5, 0.6) is 0 Å². The Labute approximate surface area is 152 Å². The molecule has 0 fully saturated rings. The zero-order chi connectivity index (χ0) is 19.7. The predicted molar refractivity (Wildman–Crippen MR) is 97.7 cm³/mol. The summed E-state index contributed by atoms with van der Waals surface area (Å²) in [6.45, 7) is 3.32. The number of fused-ring (bicyclic) bond motifs is 1. The zero-order valence-electron chi connectivity index (χ0n) is 14.6. The fourth-order valence-electron chi connectivity index (χ4n) is 2.94. The van der Waals surface area contributed by atoms with E-state index in [0.29, 0.717) is 11.6 Å². The molecule has 0 radical (unpaired) electrons. The Kier molecular flexibility index (Phi) is 4.89. The molecule has 0 saturated carbocycles. The summed E-state index contributed by atoms with van der Waals surface area (Å²) in [7, 11) is 0. The summed E-state index contributed by atoms with van der Waals surface area (Å²) in [5, 5.41) is 2.58. The van der Waals surface area contributed by atoms with Crippen molar-refractivity contribution in [2.45, 2.75) is 19.9 Å². The van der Waals surface area contributed by atoms with Crippen LogP contribution in [0.2, 0.25) is 0 Å². The molecule has 1 atom stereocenters. The number of halogens is 2. The summed E-state index contributed by atoms with van der Waals surface area (Å²) in [4.78, 5) is 40.6. The standard InChI is InChI=1S/C19H17F2N3O3/c1-10(2)16(17(25)22-15-8-7-11(20)9-13(15)21)24-18(26)12-5-3-4-6-14(12)23-19(24)27/h3-10,16H,1-2H3,(H,22,25)(H,23,27). The van der Waals surface area contributed by atoms with Crippen molar-refractivity contribution in [3.05, 3.63) is 74.9 Å². The van der Waals surface area contributed by atoms with Crippen molar-refractivity contribution >= 4 is 22.5 Å². The second-order valence-electron chi connectivity index (χ2n) is 6.45. The number of rotatable bonds is 4. The topological polar surface area (TPSA) is 84.0 Å². The number of carbonyl (C=O) groups excluding carboxylic acids is 1. The lowest BCUT2D eigenvalue weighted by molar-refractivity contribution is -0.120. The summed E-state index contributed by atoms with van der Waals surface area (Å²) in [5.74, 6) is -2.94. The largest absolute Gasteiger partial charge is 0.329 e. The molecule has 2 aromatic carbocycles. The van der Waals surface area contributed by atoms with E-state index >= 15 is 0 Å². The van der Waals surface area contributed by atoms with Gasteiger partial charge in [0.15, 0.2) is 0 Å². The van der Waals surface area contributed by atoms with E-state index in [-0.39, 0.29) is 11.1 Å². The minimum absolute atomic E-state index is 0.239. The highest BCUT2D eigenvalue weighted by Gasteiger charge is 2.28. The Morgan fingerprint density at radius 2 is 1.81 bits per heavy atom. The zero-order valence-corrected chi connectivity index (χ0v) is 14.6. The fourth-order valence-corrected chi connectivity index (χ4v) is 2.94. The van der Waals surface area contributed by atoms with Gasteiger partial charge < -0.3 is 10.3 Å². The molecule has 6 nitrogen and oxygen atoms in total. The Morgan fingerprint density at radius 1 is 1.11 bits per heavy atom. The van der Waals surface area contributed by atoms with Crippen LogP contribution in [-0.4, -0.2) is 15.5 Å². The number of para-hydroxylation sites is 1. The maximum absolute atomic E-state index is 13.9. The van der Waals surface area contributed by atoms with Gasteiger partial charge in [-0.2, -0.15) is 0 Å². The Balaban J connectivity index is 2.08. The molecule has 8 heteroatoms. The highest BCUT2D eigenvalue weighted by Crippen LogP contribution is 2.21. The van der Waals surface area contributed by atoms with Gasteiger partial charge in [-0.05, 0) is 30.2 Å². The van der Waals surface area contributed by atoms with Crippen LogP contribution < -0.4 is 16.6 Å². The fraction of sp³-hybridized carbons (Fsp3) is 0.211. The number of nitrogens with zero attached hydrogens (tertiary/aromatic N) is 1. The van der Waals surface area contributed by atoms with E-state index in [0.717, 1.165) is 16.7 Å². The van der Waals surface area contributed by atoms with Crippen LogP contribution in [0.1, 0.15) is 19.9 Å². The van der Waals surface area contributed by atoms with Gasteiger partial charge in [-0.3, -0.25) is 9.59 Å². The smallest absolute Gasteiger partial charge is 0.322 e. The normalized spacial score (nSPS) is 12.3. The lowest BCUT2D eigenvalue weighted by atomic mass is 10.0. The summed E-state index contributed by atoms with van der Waals surface area (Å²) in [6.07, 6.45) is 0. The first-order valence-corrected chi connectivity index (χ1v) is 8.29. The van der Waals surface area contributed by atoms with Crippen LogP contribution in [0, 0.1) is 17.6 Å². The summed E-state index contributed by atoms with van der Waals surface area (Å²) >= 11 is 0. The number of benzene rings is 2. The Hall–Kier alpha value is -3.29. The monoisotopic (exact) mass is 373 g/mol. The van der Waals surface area contributed by atoms with Crippen LogP contribution in [0.25, 0.3) is 10.9 Å². The quantitative estimate of drug-likeness (QED) is 0.738. The van der Waals surface area contributed by atoms with E-state index in [4.69, 9.17) is 0 Å². The highest BCUT2D eigenvalue weighted by molar-refractivity contribution is 5.94. The average Bonchev–Trinajstić information content (AvgIpc) is 2.60. The van der Waals surface area contributed by atoms with Gasteiger partial charge in [0.05, 0.1) is 16.6 Å². The van der Waals surface area contributed by atoms with E-state index in [9.17, 15) is 23.2 Å². The molecule has 27 heavy (non-hydrogen) atoms. The molecule has 0 aliphatic carbocycles. The first kappa shape index (κ1) is 18.5. The summed E-state index contributed by atoms with van der Waals surface area (Å²) in [6, 6.07) is 7.96. The lowest BCUT2D eigenvalue weighted by Gasteiger charge is -2.22. The number of carbonyl (C=O) groups is 1. The van der Waals surface area contributed by atoms with Gasteiger partial charge in [0.2, 0.25) is 5.91 Å². The van der Waals surface area contributed by atoms with E-state index in [1.165, 1.54) is 0 Å². The molecule has 2 N–H and O–H groups in total. The average molecular weight is 373 g/mol. The third kappa shape index (κ3) is 3.51. The number of amides is 1. The number of aromatic nitrogens is 2. The van der Waals surface area contributed by atoms with Gasteiger partial charge in [0.1, 0.15) is 17.7 Å². The Bertz CT molecular complexity index is 1130. The number of nitrogens with one attached hydrogen (secondary N) is 2. The number of aromatic amines is 1.